The predicted octanol–water partition coefficient (Wildman–Crippen LogP) is 3.13. The number of nitrogens with two attached hydrogens (primary N) is 1. The summed E-state index contributed by atoms with van der Waals surface area (Å²) in [5.41, 5.74) is 3.03. The van der Waals surface area contributed by atoms with Gasteiger partial charge in [0.2, 0.25) is 10.0 Å². The van der Waals surface area contributed by atoms with Gasteiger partial charge in [-0.05, 0) is 48.0 Å². The van der Waals surface area contributed by atoms with Crippen LogP contribution in [0.3, 0.4) is 0 Å². The number of benzene rings is 3. The molecule has 3 N–H and O–H groups in total. The second-order valence-corrected chi connectivity index (χ2v) is 9.17. The Labute approximate surface area is 203 Å². The Morgan fingerprint density at radius 3 is 2.29 bits per heavy atom. The van der Waals surface area contributed by atoms with Crippen molar-refractivity contribution in [1.29, 1.82) is 0 Å². The van der Waals surface area contributed by atoms with E-state index in [-0.39, 0.29) is 17.3 Å². The van der Waals surface area contributed by atoms with Gasteiger partial charge >= 0.3 is 0 Å². The topological polar surface area (TPSA) is 126 Å². The highest BCUT2D eigenvalue weighted by Gasteiger charge is 2.20. The first-order valence-corrected chi connectivity index (χ1v) is 12.1. The van der Waals surface area contributed by atoms with Gasteiger partial charge < -0.3 is 14.8 Å². The number of primary sulfonamides is 1. The summed E-state index contributed by atoms with van der Waals surface area (Å²) in [5.74, 6) is 0.737. The number of aromatic nitrogens is 2. The van der Waals surface area contributed by atoms with Gasteiger partial charge in [0.15, 0.2) is 11.5 Å². The Kier molecular flexibility index (Phi) is 6.85. The molecule has 9 nitrogen and oxygen atoms in total. The van der Waals surface area contributed by atoms with Crippen molar-refractivity contribution >= 4 is 15.9 Å². The molecule has 1 heterocycles. The zero-order valence-electron chi connectivity index (χ0n) is 19.1. The van der Waals surface area contributed by atoms with Crippen molar-refractivity contribution in [1.82, 2.24) is 15.1 Å². The number of amides is 1. The Hall–Kier alpha value is -4.15. The number of carbonyl (C=O) groups excluding carboxylic acids is 1. The highest BCUT2D eigenvalue weighted by molar-refractivity contribution is 7.89. The van der Waals surface area contributed by atoms with Gasteiger partial charge in [-0.1, -0.05) is 30.3 Å². The molecule has 0 aliphatic heterocycles. The van der Waals surface area contributed by atoms with Gasteiger partial charge in [0.1, 0.15) is 5.69 Å². The number of hydrogen-bond acceptors (Lipinski definition) is 6. The second-order valence-electron chi connectivity index (χ2n) is 7.61. The number of rotatable bonds is 8. The molecular formula is C25H24N4O5S. The molecule has 1 aromatic heterocycles. The first-order chi connectivity index (χ1) is 16.8. The van der Waals surface area contributed by atoms with Crippen molar-refractivity contribution in [2.75, 3.05) is 14.2 Å². The standard InChI is InChI=1S/C25H24N4O5S/c1-33-22-13-10-18(14-23(22)34-2)24-21(16-29(28-24)19-6-4-3-5-7-19)25(30)27-15-17-8-11-20(12-9-17)35(26,31)32/h3-14,16H,15H2,1-2H3,(H,27,30)(H2,26,31,32). The molecule has 0 radical (unpaired) electrons. The van der Waals surface area contributed by atoms with Crippen molar-refractivity contribution in [2.24, 2.45) is 5.14 Å². The van der Waals surface area contributed by atoms with Crippen molar-refractivity contribution in [3.8, 4) is 28.4 Å². The van der Waals surface area contributed by atoms with E-state index >= 15 is 0 Å². The van der Waals surface area contributed by atoms with Crippen LogP contribution >= 0.6 is 0 Å². The minimum atomic E-state index is -3.78. The highest BCUT2D eigenvalue weighted by atomic mass is 32.2. The molecule has 0 aliphatic carbocycles. The zero-order valence-corrected chi connectivity index (χ0v) is 20.0. The minimum Gasteiger partial charge on any atom is -0.493 e. The minimum absolute atomic E-state index is 0.00690. The Balaban J connectivity index is 1.66. The smallest absolute Gasteiger partial charge is 0.255 e. The summed E-state index contributed by atoms with van der Waals surface area (Å²) in [7, 11) is -0.690. The fraction of sp³-hybridized carbons (Fsp3) is 0.120. The van der Waals surface area contributed by atoms with Gasteiger partial charge in [-0.25, -0.2) is 18.2 Å². The van der Waals surface area contributed by atoms with Crippen LogP contribution in [-0.4, -0.2) is 38.3 Å². The normalized spacial score (nSPS) is 11.2. The van der Waals surface area contributed by atoms with Gasteiger partial charge in [-0.15, -0.1) is 0 Å². The summed E-state index contributed by atoms with van der Waals surface area (Å²) in [6.45, 7) is 0.186. The van der Waals surface area contributed by atoms with Gasteiger partial charge in [-0.2, -0.15) is 5.10 Å². The second kappa shape index (κ2) is 10.00. The molecule has 0 bridgehead atoms. The lowest BCUT2D eigenvalue weighted by Gasteiger charge is -2.10. The van der Waals surface area contributed by atoms with Crippen molar-refractivity contribution < 1.29 is 22.7 Å². The van der Waals surface area contributed by atoms with Crippen LogP contribution in [0.1, 0.15) is 15.9 Å². The van der Waals surface area contributed by atoms with Gasteiger partial charge in [0, 0.05) is 18.3 Å². The molecule has 0 saturated heterocycles. The molecule has 3 aromatic carbocycles. The Morgan fingerprint density at radius 2 is 1.66 bits per heavy atom. The molecule has 1 amide bonds. The van der Waals surface area contributed by atoms with Crippen LogP contribution in [0.4, 0.5) is 0 Å². The molecule has 0 unspecified atom stereocenters. The van der Waals surface area contributed by atoms with Crippen LogP contribution in [0.25, 0.3) is 16.9 Å². The fourth-order valence-corrected chi connectivity index (χ4v) is 4.04. The van der Waals surface area contributed by atoms with Gasteiger partial charge in [0.25, 0.3) is 5.91 Å². The molecule has 180 valence electrons. The largest absolute Gasteiger partial charge is 0.493 e. The van der Waals surface area contributed by atoms with E-state index in [2.05, 4.69) is 10.4 Å². The Morgan fingerprint density at radius 1 is 0.971 bits per heavy atom. The first-order valence-electron chi connectivity index (χ1n) is 10.6. The number of para-hydroxylation sites is 1. The molecule has 0 spiro atoms. The monoisotopic (exact) mass is 492 g/mol. The van der Waals surface area contributed by atoms with Crippen LogP contribution in [0.5, 0.6) is 11.5 Å². The summed E-state index contributed by atoms with van der Waals surface area (Å²) < 4.78 is 35.3. The first kappa shape index (κ1) is 24.0. The number of nitrogens with zero attached hydrogens (tertiary/aromatic N) is 2. The zero-order chi connectivity index (χ0) is 25.0. The maximum atomic E-state index is 13.2. The fourth-order valence-electron chi connectivity index (χ4n) is 3.52. The average molecular weight is 493 g/mol. The third-order valence-electron chi connectivity index (χ3n) is 5.34. The lowest BCUT2D eigenvalue weighted by atomic mass is 10.1. The molecule has 0 fully saturated rings. The van der Waals surface area contributed by atoms with E-state index < -0.39 is 10.0 Å². The highest BCUT2D eigenvalue weighted by Crippen LogP contribution is 2.33. The van der Waals surface area contributed by atoms with E-state index in [0.29, 0.717) is 33.9 Å². The van der Waals surface area contributed by atoms with E-state index in [0.717, 1.165) is 5.69 Å². The quantitative estimate of drug-likeness (QED) is 0.389. The third kappa shape index (κ3) is 5.34. The van der Waals surface area contributed by atoms with E-state index in [1.165, 1.54) is 12.1 Å². The van der Waals surface area contributed by atoms with Crippen molar-refractivity contribution in [3.05, 3.63) is 90.1 Å². The molecule has 0 aliphatic rings. The number of ether oxygens (including phenoxy) is 2. The van der Waals surface area contributed by atoms with E-state index in [1.54, 1.807) is 49.4 Å². The maximum Gasteiger partial charge on any atom is 0.255 e. The third-order valence-corrected chi connectivity index (χ3v) is 6.27. The maximum absolute atomic E-state index is 13.2. The van der Waals surface area contributed by atoms with Crippen LogP contribution in [0.15, 0.2) is 83.9 Å². The molecular weight excluding hydrogens is 468 g/mol. The van der Waals surface area contributed by atoms with E-state index in [9.17, 15) is 13.2 Å². The lowest BCUT2D eigenvalue weighted by molar-refractivity contribution is 0.0951. The number of nitrogens with one attached hydrogen (secondary N) is 1. The summed E-state index contributed by atoms with van der Waals surface area (Å²) in [6, 6.07) is 20.8. The van der Waals surface area contributed by atoms with Crippen LogP contribution < -0.4 is 19.9 Å². The number of sulfonamides is 1. The summed E-state index contributed by atoms with van der Waals surface area (Å²) >= 11 is 0. The summed E-state index contributed by atoms with van der Waals surface area (Å²) in [4.78, 5) is 13.2. The van der Waals surface area contributed by atoms with Gasteiger partial charge in [-0.3, -0.25) is 4.79 Å². The lowest BCUT2D eigenvalue weighted by Crippen LogP contribution is -2.23. The van der Waals surface area contributed by atoms with Crippen LogP contribution in [-0.2, 0) is 16.6 Å². The molecule has 35 heavy (non-hydrogen) atoms. The molecule has 4 aromatic rings. The molecule has 4 rings (SSSR count). The summed E-state index contributed by atoms with van der Waals surface area (Å²) in [5, 5.41) is 12.7. The number of methoxy groups -OCH3 is 2. The van der Waals surface area contributed by atoms with Crippen molar-refractivity contribution in [3.63, 3.8) is 0 Å². The average Bonchev–Trinajstić information content (AvgIpc) is 3.33. The van der Waals surface area contributed by atoms with Crippen LogP contribution in [0.2, 0.25) is 0 Å². The summed E-state index contributed by atoms with van der Waals surface area (Å²) in [6.07, 6.45) is 1.67. The van der Waals surface area contributed by atoms with Crippen LogP contribution in [0, 0.1) is 0 Å². The molecule has 0 saturated carbocycles. The number of hydrogen-bond donors (Lipinski definition) is 2. The molecule has 0 atom stereocenters. The number of carbonyl (C=O) groups is 1. The van der Waals surface area contributed by atoms with Crippen molar-refractivity contribution in [2.45, 2.75) is 11.4 Å². The SMILES string of the molecule is COc1ccc(-c2nn(-c3ccccc3)cc2C(=O)NCc2ccc(S(N)(=O)=O)cc2)cc1OC. The predicted molar refractivity (Wildman–Crippen MR) is 131 cm³/mol. The van der Waals surface area contributed by atoms with Gasteiger partial charge in [0.05, 0.1) is 30.4 Å². The molecule has 10 heteroatoms. The van der Waals surface area contributed by atoms with E-state index in [4.69, 9.17) is 14.6 Å². The Bertz CT molecular complexity index is 1450. The van der Waals surface area contributed by atoms with E-state index in [1.807, 2.05) is 36.4 Å².